The summed E-state index contributed by atoms with van der Waals surface area (Å²) in [6, 6.07) is 27.0. The van der Waals surface area contributed by atoms with Gasteiger partial charge < -0.3 is 5.73 Å². The lowest BCUT2D eigenvalue weighted by atomic mass is 10.1. The van der Waals surface area contributed by atoms with Crippen LogP contribution in [0, 0.1) is 0 Å². The number of nitrogen functional groups attached to an aromatic ring is 1. The summed E-state index contributed by atoms with van der Waals surface area (Å²) in [5.41, 5.74) is 14.8. The molecule has 1 heterocycles. The molecule has 5 nitrogen and oxygen atoms in total. The third kappa shape index (κ3) is 4.64. The zero-order valence-corrected chi connectivity index (χ0v) is 17.1. The second kappa shape index (κ2) is 8.76. The minimum Gasteiger partial charge on any atom is -0.399 e. The standard InChI is InChI=1S/C24H20ClN5/c1-16(19-8-5-9-21(26)14-19)29-30-24-27-22(17-6-3-2-4-7-17)15-23(28-24)18-10-12-20(25)13-11-18/h2-15H,26H2,1H3,(H,27,28,30)/b29-16+. The van der Waals surface area contributed by atoms with E-state index in [9.17, 15) is 0 Å². The molecule has 4 rings (SSSR count). The van der Waals surface area contributed by atoms with Crippen molar-refractivity contribution in [3.05, 3.63) is 95.5 Å². The van der Waals surface area contributed by atoms with Crippen LogP contribution < -0.4 is 11.2 Å². The Morgan fingerprint density at radius 2 is 1.50 bits per heavy atom. The van der Waals surface area contributed by atoms with Crippen molar-refractivity contribution in [2.75, 3.05) is 11.2 Å². The molecule has 0 atom stereocenters. The fraction of sp³-hybridized carbons (Fsp3) is 0.0417. The van der Waals surface area contributed by atoms with E-state index >= 15 is 0 Å². The summed E-state index contributed by atoms with van der Waals surface area (Å²) >= 11 is 6.04. The van der Waals surface area contributed by atoms with Gasteiger partial charge in [-0.15, -0.1) is 0 Å². The fourth-order valence-corrected chi connectivity index (χ4v) is 3.11. The molecule has 0 bridgehead atoms. The van der Waals surface area contributed by atoms with Crippen molar-refractivity contribution < 1.29 is 0 Å². The van der Waals surface area contributed by atoms with Crippen LogP contribution in [0.5, 0.6) is 0 Å². The first-order valence-corrected chi connectivity index (χ1v) is 9.83. The Bertz CT molecular complexity index is 1190. The van der Waals surface area contributed by atoms with Gasteiger partial charge in [0.1, 0.15) is 0 Å². The maximum Gasteiger partial charge on any atom is 0.244 e. The lowest BCUT2D eigenvalue weighted by Crippen LogP contribution is -2.04. The molecule has 4 aromatic rings. The van der Waals surface area contributed by atoms with E-state index in [0.717, 1.165) is 33.8 Å². The quantitative estimate of drug-likeness (QED) is 0.243. The molecule has 148 valence electrons. The fourth-order valence-electron chi connectivity index (χ4n) is 2.98. The number of aromatic nitrogens is 2. The molecule has 0 aliphatic heterocycles. The van der Waals surface area contributed by atoms with Crippen molar-refractivity contribution in [1.82, 2.24) is 9.97 Å². The molecule has 1 aromatic heterocycles. The number of halogens is 1. The normalized spacial score (nSPS) is 11.3. The SMILES string of the molecule is C/C(=N\Nc1nc(-c2ccccc2)cc(-c2ccc(Cl)cc2)n1)c1cccc(N)c1. The second-order valence-electron chi connectivity index (χ2n) is 6.77. The van der Waals surface area contributed by atoms with Gasteiger partial charge in [0.25, 0.3) is 0 Å². The minimum absolute atomic E-state index is 0.407. The number of nitrogens with zero attached hydrogens (tertiary/aromatic N) is 3. The summed E-state index contributed by atoms with van der Waals surface area (Å²) in [5, 5.41) is 5.13. The maximum absolute atomic E-state index is 6.04. The first kappa shape index (κ1) is 19.6. The minimum atomic E-state index is 0.407. The summed E-state index contributed by atoms with van der Waals surface area (Å²) < 4.78 is 0. The Kier molecular flexibility index (Phi) is 5.72. The summed E-state index contributed by atoms with van der Waals surface area (Å²) in [4.78, 5) is 9.29. The highest BCUT2D eigenvalue weighted by Gasteiger charge is 2.09. The molecule has 0 fully saturated rings. The third-order valence-corrected chi connectivity index (χ3v) is 4.82. The molecule has 3 aromatic carbocycles. The van der Waals surface area contributed by atoms with Crippen molar-refractivity contribution in [2.45, 2.75) is 6.92 Å². The summed E-state index contributed by atoms with van der Waals surface area (Å²) in [5.74, 6) is 0.407. The number of hydrogen-bond donors (Lipinski definition) is 2. The van der Waals surface area contributed by atoms with Gasteiger partial charge in [0.05, 0.1) is 17.1 Å². The molecular formula is C24H20ClN5. The van der Waals surface area contributed by atoms with Gasteiger partial charge in [0.15, 0.2) is 0 Å². The lowest BCUT2D eigenvalue weighted by molar-refractivity contribution is 1.12. The van der Waals surface area contributed by atoms with E-state index in [2.05, 4.69) is 20.5 Å². The van der Waals surface area contributed by atoms with Crippen molar-refractivity contribution in [1.29, 1.82) is 0 Å². The number of hydrogen-bond acceptors (Lipinski definition) is 5. The predicted octanol–water partition coefficient (Wildman–Crippen LogP) is 5.88. The van der Waals surface area contributed by atoms with Crippen LogP contribution in [0.2, 0.25) is 5.02 Å². The molecule has 0 amide bonds. The van der Waals surface area contributed by atoms with E-state index in [1.165, 1.54) is 0 Å². The number of nitrogens with one attached hydrogen (secondary N) is 1. The Morgan fingerprint density at radius 3 is 2.17 bits per heavy atom. The predicted molar refractivity (Wildman–Crippen MR) is 125 cm³/mol. The Morgan fingerprint density at radius 1 is 0.833 bits per heavy atom. The van der Waals surface area contributed by atoms with Crippen molar-refractivity contribution in [3.63, 3.8) is 0 Å². The summed E-state index contributed by atoms with van der Waals surface area (Å²) in [7, 11) is 0. The highest BCUT2D eigenvalue weighted by Crippen LogP contribution is 2.26. The van der Waals surface area contributed by atoms with Crippen LogP contribution in [0.25, 0.3) is 22.5 Å². The topological polar surface area (TPSA) is 76.2 Å². The number of hydrazone groups is 1. The van der Waals surface area contributed by atoms with Gasteiger partial charge in [-0.3, -0.25) is 0 Å². The van der Waals surface area contributed by atoms with E-state index in [1.54, 1.807) is 0 Å². The van der Waals surface area contributed by atoms with E-state index in [4.69, 9.17) is 17.3 Å². The van der Waals surface area contributed by atoms with Crippen LogP contribution in [0.3, 0.4) is 0 Å². The number of rotatable bonds is 5. The van der Waals surface area contributed by atoms with Gasteiger partial charge in [-0.25, -0.2) is 15.4 Å². The zero-order chi connectivity index (χ0) is 20.9. The molecule has 0 aliphatic carbocycles. The van der Waals surface area contributed by atoms with Gasteiger partial charge in [0, 0.05) is 21.8 Å². The lowest BCUT2D eigenvalue weighted by Gasteiger charge is -2.09. The van der Waals surface area contributed by atoms with Crippen LogP contribution in [0.4, 0.5) is 11.6 Å². The Balaban J connectivity index is 1.72. The Hall–Kier alpha value is -3.70. The second-order valence-corrected chi connectivity index (χ2v) is 7.21. The van der Waals surface area contributed by atoms with Gasteiger partial charge in [0.2, 0.25) is 5.95 Å². The van der Waals surface area contributed by atoms with Gasteiger partial charge in [-0.2, -0.15) is 5.10 Å². The van der Waals surface area contributed by atoms with Crippen LogP contribution in [-0.2, 0) is 0 Å². The van der Waals surface area contributed by atoms with Gasteiger partial charge in [-0.05, 0) is 42.8 Å². The average Bonchev–Trinajstić information content (AvgIpc) is 2.78. The van der Waals surface area contributed by atoms with Gasteiger partial charge >= 0.3 is 0 Å². The van der Waals surface area contributed by atoms with Crippen molar-refractivity contribution in [3.8, 4) is 22.5 Å². The van der Waals surface area contributed by atoms with Crippen LogP contribution in [-0.4, -0.2) is 15.7 Å². The first-order valence-electron chi connectivity index (χ1n) is 9.45. The molecule has 30 heavy (non-hydrogen) atoms. The molecule has 0 spiro atoms. The molecule has 0 saturated carbocycles. The Labute approximate surface area is 180 Å². The highest BCUT2D eigenvalue weighted by atomic mass is 35.5. The zero-order valence-electron chi connectivity index (χ0n) is 16.4. The molecular weight excluding hydrogens is 394 g/mol. The van der Waals surface area contributed by atoms with Crippen LogP contribution >= 0.6 is 11.6 Å². The molecule has 0 aliphatic rings. The monoisotopic (exact) mass is 413 g/mol. The molecule has 0 saturated heterocycles. The van der Waals surface area contributed by atoms with Gasteiger partial charge in [-0.1, -0.05) is 66.2 Å². The molecule has 0 radical (unpaired) electrons. The molecule has 6 heteroatoms. The number of nitrogens with two attached hydrogens (primary N) is 1. The van der Waals surface area contributed by atoms with E-state index in [1.807, 2.05) is 91.9 Å². The third-order valence-electron chi connectivity index (χ3n) is 4.56. The van der Waals surface area contributed by atoms with E-state index in [-0.39, 0.29) is 0 Å². The first-order chi connectivity index (χ1) is 14.6. The summed E-state index contributed by atoms with van der Waals surface area (Å²) in [6.45, 7) is 1.91. The highest BCUT2D eigenvalue weighted by molar-refractivity contribution is 6.30. The van der Waals surface area contributed by atoms with Crippen molar-refractivity contribution >= 4 is 28.9 Å². The summed E-state index contributed by atoms with van der Waals surface area (Å²) in [6.07, 6.45) is 0. The number of anilines is 2. The van der Waals surface area contributed by atoms with Crippen molar-refractivity contribution in [2.24, 2.45) is 5.10 Å². The average molecular weight is 414 g/mol. The molecule has 0 unspecified atom stereocenters. The smallest absolute Gasteiger partial charge is 0.244 e. The maximum atomic E-state index is 6.04. The van der Waals surface area contributed by atoms with Crippen LogP contribution in [0.15, 0.2) is 90.0 Å². The van der Waals surface area contributed by atoms with E-state index < -0.39 is 0 Å². The molecule has 3 N–H and O–H groups in total. The van der Waals surface area contributed by atoms with E-state index in [0.29, 0.717) is 16.7 Å². The van der Waals surface area contributed by atoms with Crippen LogP contribution in [0.1, 0.15) is 12.5 Å². The number of benzene rings is 3. The largest absolute Gasteiger partial charge is 0.399 e.